The number of carbonyl (C=O) groups is 1. The van der Waals surface area contributed by atoms with Crippen molar-refractivity contribution in [3.63, 3.8) is 0 Å². The van der Waals surface area contributed by atoms with E-state index in [9.17, 15) is 4.79 Å². The largest absolute Gasteiger partial charge is 0.309 e. The molecule has 124 valence electrons. The molecule has 3 aromatic rings. The second-order valence-electron chi connectivity index (χ2n) is 5.75. The van der Waals surface area contributed by atoms with E-state index in [0.29, 0.717) is 17.3 Å². The van der Waals surface area contributed by atoms with Gasteiger partial charge in [0.05, 0.1) is 23.4 Å². The van der Waals surface area contributed by atoms with E-state index >= 15 is 0 Å². The van der Waals surface area contributed by atoms with Crippen molar-refractivity contribution in [1.82, 2.24) is 9.47 Å². The van der Waals surface area contributed by atoms with Crippen LogP contribution >= 0.6 is 22.9 Å². The van der Waals surface area contributed by atoms with Crippen LogP contribution < -0.4 is 4.80 Å². The summed E-state index contributed by atoms with van der Waals surface area (Å²) in [6, 6.07) is 15.1. The Morgan fingerprint density at radius 3 is 2.58 bits per heavy atom. The van der Waals surface area contributed by atoms with Crippen LogP contribution in [0.2, 0.25) is 5.02 Å². The van der Waals surface area contributed by atoms with Crippen molar-refractivity contribution in [3.8, 4) is 0 Å². The predicted octanol–water partition coefficient (Wildman–Crippen LogP) is 3.66. The minimum atomic E-state index is 0.0431. The molecule has 0 aliphatic carbocycles. The lowest BCUT2D eigenvalue weighted by Crippen LogP contribution is -2.23. The van der Waals surface area contributed by atoms with E-state index in [4.69, 9.17) is 11.6 Å². The summed E-state index contributed by atoms with van der Waals surface area (Å²) in [5.74, 6) is 0.0431. The molecular weight excluding hydrogens is 342 g/mol. The fraction of sp³-hybridized carbons (Fsp3) is 0.222. The van der Waals surface area contributed by atoms with Crippen molar-refractivity contribution in [2.45, 2.75) is 6.54 Å². The number of para-hydroxylation sites is 1. The van der Waals surface area contributed by atoms with Crippen molar-refractivity contribution in [1.29, 1.82) is 0 Å². The summed E-state index contributed by atoms with van der Waals surface area (Å²) in [5.41, 5.74) is 1.68. The van der Waals surface area contributed by atoms with Gasteiger partial charge in [-0.05, 0) is 50.5 Å². The first-order valence-corrected chi connectivity index (χ1v) is 8.76. The summed E-state index contributed by atoms with van der Waals surface area (Å²) in [4.78, 5) is 20.1. The Hall–Kier alpha value is -1.95. The number of aromatic nitrogens is 1. The van der Waals surface area contributed by atoms with Crippen LogP contribution in [0.1, 0.15) is 10.4 Å². The van der Waals surface area contributed by atoms with Gasteiger partial charge in [0.2, 0.25) is 0 Å². The van der Waals surface area contributed by atoms with Gasteiger partial charge in [-0.1, -0.05) is 35.1 Å². The number of nitrogens with zero attached hydrogens (tertiary/aromatic N) is 3. The third kappa shape index (κ3) is 3.75. The Kier molecular flexibility index (Phi) is 5.14. The van der Waals surface area contributed by atoms with Crippen molar-refractivity contribution in [3.05, 3.63) is 63.9 Å². The third-order valence-electron chi connectivity index (χ3n) is 3.54. The van der Waals surface area contributed by atoms with E-state index in [1.165, 1.54) is 0 Å². The number of ketones is 1. The van der Waals surface area contributed by atoms with Crippen LogP contribution in [-0.2, 0) is 6.54 Å². The maximum atomic E-state index is 12.6. The fourth-order valence-electron chi connectivity index (χ4n) is 2.37. The Morgan fingerprint density at radius 1 is 1.17 bits per heavy atom. The van der Waals surface area contributed by atoms with Gasteiger partial charge in [0.1, 0.15) is 0 Å². The number of rotatable bonds is 5. The standard InChI is InChI=1S/C18H18ClN3OS/c1-21(2)12-20-18-22(15-5-3-4-6-17(15)24-18)11-16(23)13-7-9-14(19)10-8-13/h3-10H,11-12H2,1-2H3. The van der Waals surface area contributed by atoms with Gasteiger partial charge in [0.15, 0.2) is 10.6 Å². The molecule has 2 aromatic carbocycles. The molecule has 0 amide bonds. The molecule has 0 aliphatic rings. The van der Waals surface area contributed by atoms with Crippen molar-refractivity contribution in [2.75, 3.05) is 20.8 Å². The Balaban J connectivity index is 2.00. The van der Waals surface area contributed by atoms with Crippen LogP contribution in [0.15, 0.2) is 53.5 Å². The molecule has 0 radical (unpaired) electrons. The number of carbonyl (C=O) groups excluding carboxylic acids is 1. The first-order valence-electron chi connectivity index (χ1n) is 7.57. The predicted molar refractivity (Wildman–Crippen MR) is 99.7 cm³/mol. The van der Waals surface area contributed by atoms with Gasteiger partial charge < -0.3 is 4.57 Å². The van der Waals surface area contributed by atoms with Gasteiger partial charge in [-0.3, -0.25) is 9.69 Å². The first kappa shape index (κ1) is 16.9. The molecule has 0 aliphatic heterocycles. The summed E-state index contributed by atoms with van der Waals surface area (Å²) < 4.78 is 3.11. The molecule has 0 atom stereocenters. The molecule has 3 rings (SSSR count). The quantitative estimate of drug-likeness (QED) is 0.652. The van der Waals surface area contributed by atoms with E-state index in [2.05, 4.69) is 11.1 Å². The molecule has 0 saturated carbocycles. The van der Waals surface area contributed by atoms with Crippen molar-refractivity contribution in [2.24, 2.45) is 4.99 Å². The molecule has 0 unspecified atom stereocenters. The van der Waals surface area contributed by atoms with E-state index < -0.39 is 0 Å². The molecule has 0 fully saturated rings. The number of hydrogen-bond acceptors (Lipinski definition) is 4. The number of Topliss-reactive ketones (excluding diaryl/α,β-unsaturated/α-hetero) is 1. The average molecular weight is 360 g/mol. The van der Waals surface area contributed by atoms with Gasteiger partial charge in [-0.15, -0.1) is 0 Å². The summed E-state index contributed by atoms with van der Waals surface area (Å²) in [5, 5.41) is 0.627. The first-order chi connectivity index (χ1) is 11.5. The molecule has 4 nitrogen and oxygen atoms in total. The lowest BCUT2D eigenvalue weighted by molar-refractivity contribution is 0.0972. The van der Waals surface area contributed by atoms with Gasteiger partial charge in [0.25, 0.3) is 0 Å². The zero-order valence-corrected chi connectivity index (χ0v) is 15.1. The molecule has 0 saturated heterocycles. The topological polar surface area (TPSA) is 37.6 Å². The Bertz CT molecular complexity index is 925. The smallest absolute Gasteiger partial charge is 0.187 e. The number of halogens is 1. The SMILES string of the molecule is CN(C)CN=c1sc2ccccc2n1CC(=O)c1ccc(Cl)cc1. The zero-order chi connectivity index (χ0) is 17.1. The van der Waals surface area contributed by atoms with E-state index in [1.807, 2.05) is 41.8 Å². The molecule has 24 heavy (non-hydrogen) atoms. The van der Waals surface area contributed by atoms with Crippen LogP contribution in [-0.4, -0.2) is 36.0 Å². The van der Waals surface area contributed by atoms with E-state index in [1.54, 1.807) is 35.6 Å². The highest BCUT2D eigenvalue weighted by Gasteiger charge is 2.12. The molecule has 6 heteroatoms. The van der Waals surface area contributed by atoms with Crippen LogP contribution in [0.4, 0.5) is 0 Å². The van der Waals surface area contributed by atoms with E-state index in [-0.39, 0.29) is 12.3 Å². The molecule has 1 heterocycles. The molecule has 0 spiro atoms. The average Bonchev–Trinajstić information content (AvgIpc) is 2.91. The second kappa shape index (κ2) is 7.30. The summed E-state index contributed by atoms with van der Waals surface area (Å²) in [7, 11) is 3.94. The van der Waals surface area contributed by atoms with E-state index in [0.717, 1.165) is 15.0 Å². The van der Waals surface area contributed by atoms with Gasteiger partial charge in [-0.25, -0.2) is 4.99 Å². The van der Waals surface area contributed by atoms with Gasteiger partial charge in [0, 0.05) is 10.6 Å². The van der Waals surface area contributed by atoms with Crippen LogP contribution in [0.5, 0.6) is 0 Å². The zero-order valence-electron chi connectivity index (χ0n) is 13.6. The number of hydrogen-bond donors (Lipinski definition) is 0. The normalized spacial score (nSPS) is 12.2. The highest BCUT2D eigenvalue weighted by atomic mass is 35.5. The molecule has 1 aromatic heterocycles. The maximum Gasteiger partial charge on any atom is 0.187 e. The summed E-state index contributed by atoms with van der Waals surface area (Å²) in [6.07, 6.45) is 0. The van der Waals surface area contributed by atoms with Crippen LogP contribution in [0, 0.1) is 0 Å². The highest BCUT2D eigenvalue weighted by Crippen LogP contribution is 2.18. The monoisotopic (exact) mass is 359 g/mol. The Labute approximate surface area is 149 Å². The molecule has 0 N–H and O–H groups in total. The Morgan fingerprint density at radius 2 is 1.88 bits per heavy atom. The second-order valence-corrected chi connectivity index (χ2v) is 7.19. The molecular formula is C18H18ClN3OS. The number of benzene rings is 2. The third-order valence-corrected chi connectivity index (χ3v) is 4.89. The van der Waals surface area contributed by atoms with Crippen LogP contribution in [0.3, 0.4) is 0 Å². The minimum absolute atomic E-state index is 0.0431. The fourth-order valence-corrected chi connectivity index (χ4v) is 3.51. The molecule has 0 bridgehead atoms. The van der Waals surface area contributed by atoms with Gasteiger partial charge in [-0.2, -0.15) is 0 Å². The summed E-state index contributed by atoms with van der Waals surface area (Å²) in [6.45, 7) is 0.847. The lowest BCUT2D eigenvalue weighted by Gasteiger charge is -2.07. The van der Waals surface area contributed by atoms with Crippen LogP contribution in [0.25, 0.3) is 10.2 Å². The van der Waals surface area contributed by atoms with Crippen molar-refractivity contribution < 1.29 is 4.79 Å². The number of thiazole rings is 1. The van der Waals surface area contributed by atoms with Crippen molar-refractivity contribution >= 4 is 38.9 Å². The summed E-state index contributed by atoms with van der Waals surface area (Å²) >= 11 is 7.50. The number of fused-ring (bicyclic) bond motifs is 1. The minimum Gasteiger partial charge on any atom is -0.309 e. The lowest BCUT2D eigenvalue weighted by atomic mass is 10.1. The maximum absolute atomic E-state index is 12.6. The van der Waals surface area contributed by atoms with Gasteiger partial charge >= 0.3 is 0 Å². The highest BCUT2D eigenvalue weighted by molar-refractivity contribution is 7.16.